The number of methoxy groups -OCH3 is 2. The Hall–Kier alpha value is -4.33. The summed E-state index contributed by atoms with van der Waals surface area (Å²) in [4.78, 5) is 16.7. The number of anilines is 1. The Balaban J connectivity index is 1.34. The van der Waals surface area contributed by atoms with Crippen molar-refractivity contribution in [2.45, 2.75) is 0 Å². The highest BCUT2D eigenvalue weighted by molar-refractivity contribution is 5.92. The molecule has 0 aliphatic rings. The van der Waals surface area contributed by atoms with Crippen LogP contribution in [0.15, 0.2) is 77.3 Å². The molecule has 0 fully saturated rings. The lowest BCUT2D eigenvalue weighted by atomic mass is 10.2. The van der Waals surface area contributed by atoms with E-state index in [-0.39, 0.29) is 12.5 Å². The third-order valence-electron chi connectivity index (χ3n) is 4.60. The zero-order chi connectivity index (χ0) is 22.3. The number of nitrogens with zero attached hydrogens (tertiary/aromatic N) is 2. The highest BCUT2D eigenvalue weighted by Crippen LogP contribution is 2.29. The van der Waals surface area contributed by atoms with E-state index in [1.165, 1.54) is 7.11 Å². The van der Waals surface area contributed by atoms with Gasteiger partial charge in [-0.15, -0.1) is 0 Å². The van der Waals surface area contributed by atoms with Gasteiger partial charge in [0.2, 0.25) is 5.82 Å². The molecule has 0 atom stereocenters. The van der Waals surface area contributed by atoms with Crippen molar-refractivity contribution in [1.29, 1.82) is 0 Å². The van der Waals surface area contributed by atoms with E-state index >= 15 is 0 Å². The maximum absolute atomic E-state index is 12.2. The SMILES string of the molecule is COc1ccc(NC(=O)COc2ccc(-c3nc(-c4ccccc4)no3)cc2)cc1OC. The summed E-state index contributed by atoms with van der Waals surface area (Å²) in [6.45, 7) is -0.146. The van der Waals surface area contributed by atoms with Gasteiger partial charge in [0.05, 0.1) is 14.2 Å². The molecule has 8 heteroatoms. The smallest absolute Gasteiger partial charge is 0.262 e. The molecular formula is C24H21N3O5. The summed E-state index contributed by atoms with van der Waals surface area (Å²) in [7, 11) is 3.09. The van der Waals surface area contributed by atoms with Crippen molar-refractivity contribution in [1.82, 2.24) is 10.1 Å². The first-order valence-electron chi connectivity index (χ1n) is 9.80. The largest absolute Gasteiger partial charge is 0.493 e. The maximum atomic E-state index is 12.2. The van der Waals surface area contributed by atoms with Crippen molar-refractivity contribution in [2.24, 2.45) is 0 Å². The number of rotatable bonds is 8. The molecule has 0 spiro atoms. The van der Waals surface area contributed by atoms with Gasteiger partial charge in [-0.3, -0.25) is 4.79 Å². The molecule has 0 aliphatic heterocycles. The number of aromatic nitrogens is 2. The first-order valence-corrected chi connectivity index (χ1v) is 9.80. The average Bonchev–Trinajstić information content (AvgIpc) is 3.34. The van der Waals surface area contributed by atoms with Gasteiger partial charge in [0.1, 0.15) is 5.75 Å². The number of nitrogens with one attached hydrogen (secondary N) is 1. The fraction of sp³-hybridized carbons (Fsp3) is 0.125. The summed E-state index contributed by atoms with van der Waals surface area (Å²) < 4.78 is 21.4. The van der Waals surface area contributed by atoms with Crippen molar-refractivity contribution in [2.75, 3.05) is 26.1 Å². The van der Waals surface area contributed by atoms with Gasteiger partial charge in [0.25, 0.3) is 11.8 Å². The number of hydrogen-bond donors (Lipinski definition) is 1. The maximum Gasteiger partial charge on any atom is 0.262 e. The molecule has 0 radical (unpaired) electrons. The van der Waals surface area contributed by atoms with Crippen molar-refractivity contribution >= 4 is 11.6 Å². The van der Waals surface area contributed by atoms with Crippen molar-refractivity contribution in [3.05, 3.63) is 72.8 Å². The topological polar surface area (TPSA) is 95.7 Å². The van der Waals surface area contributed by atoms with E-state index in [9.17, 15) is 4.79 Å². The number of carbonyl (C=O) groups is 1. The number of hydrogen-bond acceptors (Lipinski definition) is 7. The lowest BCUT2D eigenvalue weighted by Gasteiger charge is -2.11. The van der Waals surface area contributed by atoms with Gasteiger partial charge in [-0.25, -0.2) is 0 Å². The van der Waals surface area contributed by atoms with Crippen molar-refractivity contribution in [3.63, 3.8) is 0 Å². The van der Waals surface area contributed by atoms with Gasteiger partial charge in [-0.05, 0) is 36.4 Å². The summed E-state index contributed by atoms with van der Waals surface area (Å²) in [5, 5.41) is 6.78. The van der Waals surface area contributed by atoms with Crippen LogP contribution < -0.4 is 19.5 Å². The first-order chi connectivity index (χ1) is 15.7. The lowest BCUT2D eigenvalue weighted by Crippen LogP contribution is -2.20. The minimum absolute atomic E-state index is 0.146. The molecule has 0 saturated carbocycles. The second kappa shape index (κ2) is 9.65. The second-order valence-electron chi connectivity index (χ2n) is 6.72. The summed E-state index contributed by atoms with van der Waals surface area (Å²) in [5.74, 6) is 2.27. The van der Waals surface area contributed by atoms with Crippen molar-refractivity contribution < 1.29 is 23.5 Å². The van der Waals surface area contributed by atoms with Crippen LogP contribution in [0.1, 0.15) is 0 Å². The molecule has 0 bridgehead atoms. The molecule has 1 aromatic heterocycles. The monoisotopic (exact) mass is 431 g/mol. The highest BCUT2D eigenvalue weighted by atomic mass is 16.5. The number of ether oxygens (including phenoxy) is 3. The van der Waals surface area contributed by atoms with Crippen LogP contribution in [0.25, 0.3) is 22.8 Å². The predicted molar refractivity (Wildman–Crippen MR) is 119 cm³/mol. The zero-order valence-corrected chi connectivity index (χ0v) is 17.6. The number of benzene rings is 3. The zero-order valence-electron chi connectivity index (χ0n) is 17.6. The average molecular weight is 431 g/mol. The van der Waals surface area contributed by atoms with E-state index in [2.05, 4.69) is 15.5 Å². The molecule has 4 aromatic rings. The van der Waals surface area contributed by atoms with Gasteiger partial charge >= 0.3 is 0 Å². The highest BCUT2D eigenvalue weighted by Gasteiger charge is 2.11. The van der Waals surface area contributed by atoms with E-state index in [0.29, 0.717) is 34.7 Å². The molecule has 162 valence electrons. The van der Waals surface area contributed by atoms with Gasteiger partial charge in [0.15, 0.2) is 18.1 Å². The molecule has 32 heavy (non-hydrogen) atoms. The molecule has 0 aliphatic carbocycles. The van der Waals surface area contributed by atoms with Crippen LogP contribution in [0.2, 0.25) is 0 Å². The van der Waals surface area contributed by atoms with Crippen LogP contribution in [0, 0.1) is 0 Å². The Kier molecular flexibility index (Phi) is 6.31. The van der Waals surface area contributed by atoms with Gasteiger partial charge in [-0.2, -0.15) is 4.98 Å². The van der Waals surface area contributed by atoms with Gasteiger partial charge < -0.3 is 24.1 Å². The molecule has 0 unspecified atom stereocenters. The predicted octanol–water partition coefficient (Wildman–Crippen LogP) is 4.44. The lowest BCUT2D eigenvalue weighted by molar-refractivity contribution is -0.118. The van der Waals surface area contributed by atoms with Crippen LogP contribution in [0.3, 0.4) is 0 Å². The third-order valence-corrected chi connectivity index (χ3v) is 4.60. The van der Waals surface area contributed by atoms with E-state index < -0.39 is 0 Å². The Labute approximate surface area is 184 Å². The number of amides is 1. The number of carbonyl (C=O) groups excluding carboxylic acids is 1. The van der Waals surface area contributed by atoms with Gasteiger partial charge in [-0.1, -0.05) is 35.5 Å². The Morgan fingerprint density at radius 2 is 1.66 bits per heavy atom. The van der Waals surface area contributed by atoms with E-state index in [1.54, 1.807) is 49.6 Å². The van der Waals surface area contributed by atoms with Crippen LogP contribution in [0.5, 0.6) is 17.2 Å². The molecule has 0 saturated heterocycles. The molecule has 8 nitrogen and oxygen atoms in total. The molecule has 1 heterocycles. The van der Waals surface area contributed by atoms with Gasteiger partial charge in [0, 0.05) is 22.9 Å². The third kappa shape index (κ3) is 4.86. The minimum Gasteiger partial charge on any atom is -0.493 e. The quantitative estimate of drug-likeness (QED) is 0.441. The Morgan fingerprint density at radius 3 is 2.38 bits per heavy atom. The van der Waals surface area contributed by atoms with Crippen LogP contribution in [0.4, 0.5) is 5.69 Å². The molecule has 4 rings (SSSR count). The van der Waals surface area contributed by atoms with Crippen LogP contribution in [-0.2, 0) is 4.79 Å². The normalized spacial score (nSPS) is 10.4. The van der Waals surface area contributed by atoms with Crippen molar-refractivity contribution in [3.8, 4) is 40.1 Å². The fourth-order valence-corrected chi connectivity index (χ4v) is 3.00. The first kappa shape index (κ1) is 20.9. The molecule has 1 amide bonds. The summed E-state index contributed by atoms with van der Waals surface area (Å²) in [6, 6.07) is 21.8. The standard InChI is InChI=1S/C24H21N3O5/c1-29-20-13-10-18(14-21(20)30-2)25-22(28)15-31-19-11-8-17(9-12-19)24-26-23(27-32-24)16-6-4-3-5-7-16/h3-14H,15H2,1-2H3,(H,25,28). The Morgan fingerprint density at radius 1 is 0.906 bits per heavy atom. The summed E-state index contributed by atoms with van der Waals surface area (Å²) in [5.41, 5.74) is 2.21. The molecule has 3 aromatic carbocycles. The van der Waals surface area contributed by atoms with E-state index in [1.807, 2.05) is 30.3 Å². The van der Waals surface area contributed by atoms with Crippen LogP contribution in [-0.4, -0.2) is 36.9 Å². The fourth-order valence-electron chi connectivity index (χ4n) is 3.00. The summed E-state index contributed by atoms with van der Waals surface area (Å²) >= 11 is 0. The van der Waals surface area contributed by atoms with E-state index in [4.69, 9.17) is 18.7 Å². The molecule has 1 N–H and O–H groups in total. The Bertz CT molecular complexity index is 1190. The van der Waals surface area contributed by atoms with E-state index in [0.717, 1.165) is 11.1 Å². The second-order valence-corrected chi connectivity index (χ2v) is 6.72. The molecular weight excluding hydrogens is 410 g/mol. The van der Waals surface area contributed by atoms with Crippen LogP contribution >= 0.6 is 0 Å². The minimum atomic E-state index is -0.300. The summed E-state index contributed by atoms with van der Waals surface area (Å²) in [6.07, 6.45) is 0.